The maximum atomic E-state index is 10.6. The molecule has 0 bridgehead atoms. The normalized spacial score (nSPS) is 12.6. The molecule has 0 aromatic heterocycles. The molecule has 1 aromatic rings. The van der Waals surface area contributed by atoms with Gasteiger partial charge in [0.05, 0.1) is 20.7 Å². The highest BCUT2D eigenvalue weighted by molar-refractivity contribution is 6.39. The summed E-state index contributed by atoms with van der Waals surface area (Å²) in [5.74, 6) is 0. The second-order valence-electron chi connectivity index (χ2n) is 4.24. The van der Waals surface area contributed by atoms with Crippen molar-refractivity contribution in [3.05, 3.63) is 32.3 Å². The molecule has 1 unspecified atom stereocenters. The van der Waals surface area contributed by atoms with Gasteiger partial charge in [-0.25, -0.2) is 0 Å². The third kappa shape index (κ3) is 3.73. The topological polar surface area (TPSA) is 58.4 Å². The van der Waals surface area contributed by atoms with Crippen molar-refractivity contribution in [1.82, 2.24) is 4.90 Å². The molecule has 0 aliphatic carbocycles. The molecular formula is C11H15Cl2N3O2. The van der Waals surface area contributed by atoms with Crippen LogP contribution >= 0.6 is 23.2 Å². The minimum absolute atomic E-state index is 0.115. The van der Waals surface area contributed by atoms with E-state index >= 15 is 0 Å². The Hall–Kier alpha value is -1.04. The summed E-state index contributed by atoms with van der Waals surface area (Å²) in [4.78, 5) is 12.2. The third-order valence-electron chi connectivity index (χ3n) is 2.69. The van der Waals surface area contributed by atoms with Crippen molar-refractivity contribution in [3.63, 3.8) is 0 Å². The Labute approximate surface area is 116 Å². The Bertz CT molecular complexity index is 429. The fourth-order valence-electron chi connectivity index (χ4n) is 1.27. The first-order valence-electron chi connectivity index (χ1n) is 5.36. The first kappa shape index (κ1) is 15.0. The Balaban J connectivity index is 2.87. The predicted octanol–water partition coefficient (Wildman–Crippen LogP) is 3.26. The number of nitrogens with zero attached hydrogens (tertiary/aromatic N) is 2. The largest absolute Gasteiger partial charge is 0.381 e. The number of likely N-dealkylation sites (N-methyl/N-ethyl adjacent to an activating group) is 1. The van der Waals surface area contributed by atoms with Gasteiger partial charge in [-0.2, -0.15) is 0 Å². The zero-order chi connectivity index (χ0) is 13.9. The molecule has 0 aliphatic rings. The van der Waals surface area contributed by atoms with Crippen LogP contribution in [0.25, 0.3) is 0 Å². The molecule has 100 valence electrons. The summed E-state index contributed by atoms with van der Waals surface area (Å²) in [5.41, 5.74) is 0.411. The van der Waals surface area contributed by atoms with Crippen molar-refractivity contribution in [1.29, 1.82) is 0 Å². The van der Waals surface area contributed by atoms with Crippen molar-refractivity contribution in [2.45, 2.75) is 13.0 Å². The number of halogens is 2. The van der Waals surface area contributed by atoms with Crippen molar-refractivity contribution in [3.8, 4) is 0 Å². The quantitative estimate of drug-likeness (QED) is 0.668. The zero-order valence-corrected chi connectivity index (χ0v) is 11.9. The lowest BCUT2D eigenvalue weighted by Crippen LogP contribution is -2.31. The van der Waals surface area contributed by atoms with Gasteiger partial charge < -0.3 is 10.2 Å². The van der Waals surface area contributed by atoms with E-state index in [1.54, 1.807) is 0 Å². The fraction of sp³-hybridized carbons (Fsp3) is 0.455. The first-order chi connectivity index (χ1) is 8.32. The van der Waals surface area contributed by atoms with Crippen LogP contribution < -0.4 is 5.32 Å². The average Bonchev–Trinajstić information content (AvgIpc) is 2.26. The van der Waals surface area contributed by atoms with Crippen LogP contribution in [-0.2, 0) is 0 Å². The molecule has 1 aromatic carbocycles. The Morgan fingerprint density at radius 2 is 1.89 bits per heavy atom. The molecule has 0 fully saturated rings. The van der Waals surface area contributed by atoms with Crippen LogP contribution in [0, 0.1) is 10.1 Å². The van der Waals surface area contributed by atoms with Gasteiger partial charge >= 0.3 is 0 Å². The molecule has 18 heavy (non-hydrogen) atoms. The number of nitro groups is 1. The molecule has 0 amide bonds. The standard InChI is InChI=1S/C11H15Cl2N3O2/c1-7(15(2)3)6-14-11-9(12)4-8(16(17)18)5-10(11)13/h4-5,7,14H,6H2,1-3H3. The second kappa shape index (κ2) is 6.22. The molecule has 5 nitrogen and oxygen atoms in total. The number of hydrogen-bond donors (Lipinski definition) is 1. The van der Waals surface area contributed by atoms with Crippen LogP contribution in [0.2, 0.25) is 10.0 Å². The Kier molecular flexibility index (Phi) is 5.19. The van der Waals surface area contributed by atoms with E-state index in [0.29, 0.717) is 12.2 Å². The van der Waals surface area contributed by atoms with Crippen molar-refractivity contribution in [2.75, 3.05) is 26.0 Å². The summed E-state index contributed by atoms with van der Waals surface area (Å²) in [5, 5.41) is 14.2. The molecule has 0 spiro atoms. The molecule has 0 saturated heterocycles. The average molecular weight is 292 g/mol. The monoisotopic (exact) mass is 291 g/mol. The van der Waals surface area contributed by atoms with E-state index in [0.717, 1.165) is 0 Å². The molecule has 0 aliphatic heterocycles. The van der Waals surface area contributed by atoms with Gasteiger partial charge in [0, 0.05) is 24.7 Å². The molecule has 1 N–H and O–H groups in total. The van der Waals surface area contributed by atoms with Gasteiger partial charge in [0.2, 0.25) is 0 Å². The number of rotatable bonds is 5. The number of non-ortho nitro benzene ring substituents is 1. The van der Waals surface area contributed by atoms with Gasteiger partial charge in [-0.1, -0.05) is 23.2 Å². The summed E-state index contributed by atoms with van der Waals surface area (Å²) in [6.07, 6.45) is 0. The van der Waals surface area contributed by atoms with Gasteiger partial charge in [0.25, 0.3) is 5.69 Å². The predicted molar refractivity (Wildman–Crippen MR) is 74.8 cm³/mol. The third-order valence-corrected chi connectivity index (χ3v) is 3.29. The number of hydrogen-bond acceptors (Lipinski definition) is 4. The second-order valence-corrected chi connectivity index (χ2v) is 5.05. The van der Waals surface area contributed by atoms with Crippen LogP contribution in [0.1, 0.15) is 6.92 Å². The Morgan fingerprint density at radius 1 is 1.39 bits per heavy atom. The van der Waals surface area contributed by atoms with Crippen LogP contribution in [0.3, 0.4) is 0 Å². The van der Waals surface area contributed by atoms with Crippen molar-refractivity contribution in [2.24, 2.45) is 0 Å². The Morgan fingerprint density at radius 3 is 2.28 bits per heavy atom. The van der Waals surface area contributed by atoms with E-state index < -0.39 is 4.92 Å². The lowest BCUT2D eigenvalue weighted by Gasteiger charge is -2.21. The van der Waals surface area contributed by atoms with E-state index in [9.17, 15) is 10.1 Å². The highest BCUT2D eigenvalue weighted by Gasteiger charge is 2.15. The van der Waals surface area contributed by atoms with E-state index in [1.165, 1.54) is 12.1 Å². The highest BCUT2D eigenvalue weighted by atomic mass is 35.5. The minimum atomic E-state index is -0.524. The van der Waals surface area contributed by atoms with E-state index in [2.05, 4.69) is 5.32 Å². The summed E-state index contributed by atoms with van der Waals surface area (Å²) in [6.45, 7) is 2.68. The molecule has 1 atom stereocenters. The van der Waals surface area contributed by atoms with Crippen LogP contribution in [0.5, 0.6) is 0 Å². The molecular weight excluding hydrogens is 277 g/mol. The summed E-state index contributed by atoms with van der Waals surface area (Å²) in [7, 11) is 3.93. The lowest BCUT2D eigenvalue weighted by molar-refractivity contribution is -0.384. The number of nitro benzene ring substituents is 1. The van der Waals surface area contributed by atoms with Crippen LogP contribution in [0.4, 0.5) is 11.4 Å². The van der Waals surface area contributed by atoms with E-state index in [-0.39, 0.29) is 21.8 Å². The van der Waals surface area contributed by atoms with Gasteiger partial charge in [0.1, 0.15) is 0 Å². The van der Waals surface area contributed by atoms with E-state index in [4.69, 9.17) is 23.2 Å². The molecule has 1 rings (SSSR count). The highest BCUT2D eigenvalue weighted by Crippen LogP contribution is 2.34. The maximum Gasteiger partial charge on any atom is 0.272 e. The van der Waals surface area contributed by atoms with E-state index in [1.807, 2.05) is 25.9 Å². The van der Waals surface area contributed by atoms with Gasteiger partial charge in [-0.05, 0) is 21.0 Å². The molecule has 0 radical (unpaired) electrons. The van der Waals surface area contributed by atoms with Gasteiger partial charge in [-0.15, -0.1) is 0 Å². The molecule has 7 heteroatoms. The lowest BCUT2D eigenvalue weighted by atomic mass is 10.2. The van der Waals surface area contributed by atoms with Crippen LogP contribution in [0.15, 0.2) is 12.1 Å². The molecule has 0 heterocycles. The van der Waals surface area contributed by atoms with Crippen molar-refractivity contribution < 1.29 is 4.92 Å². The molecule has 0 saturated carbocycles. The SMILES string of the molecule is CC(CNc1c(Cl)cc([N+](=O)[O-])cc1Cl)N(C)C. The van der Waals surface area contributed by atoms with Crippen LogP contribution in [-0.4, -0.2) is 36.5 Å². The zero-order valence-electron chi connectivity index (χ0n) is 10.4. The summed E-state index contributed by atoms with van der Waals surface area (Å²) >= 11 is 12.0. The minimum Gasteiger partial charge on any atom is -0.381 e. The number of anilines is 1. The van der Waals surface area contributed by atoms with Crippen molar-refractivity contribution >= 4 is 34.6 Å². The summed E-state index contributed by atoms with van der Waals surface area (Å²) in [6, 6.07) is 2.86. The smallest absolute Gasteiger partial charge is 0.272 e. The fourth-order valence-corrected chi connectivity index (χ4v) is 1.88. The van der Waals surface area contributed by atoms with Gasteiger partial charge in [-0.3, -0.25) is 10.1 Å². The van der Waals surface area contributed by atoms with Gasteiger partial charge in [0.15, 0.2) is 0 Å². The summed E-state index contributed by atoms with van der Waals surface area (Å²) < 4.78 is 0. The first-order valence-corrected chi connectivity index (χ1v) is 6.12. The maximum absolute atomic E-state index is 10.6. The number of nitrogens with one attached hydrogen (secondary N) is 1. The number of benzene rings is 1.